The average molecular weight is 707 g/mol. The summed E-state index contributed by atoms with van der Waals surface area (Å²) in [4.78, 5) is 29.1. The van der Waals surface area contributed by atoms with E-state index in [1.807, 2.05) is 66.7 Å². The van der Waals surface area contributed by atoms with Crippen LogP contribution in [0.5, 0.6) is 17.2 Å². The molecule has 0 spiro atoms. The second kappa shape index (κ2) is 15.0. The second-order valence-electron chi connectivity index (χ2n) is 10.7. The molecular weight excluding hydrogens is 667 g/mol. The molecule has 0 unspecified atom stereocenters. The number of para-hydroxylation sites is 1. The number of carbonyl (C=O) groups excluding carboxylic acids is 2. The molecule has 1 aliphatic rings. The highest BCUT2D eigenvalue weighted by Crippen LogP contribution is 2.47. The lowest BCUT2D eigenvalue weighted by Crippen LogP contribution is -3.00. The van der Waals surface area contributed by atoms with Crippen LogP contribution in [-0.4, -0.2) is 77.5 Å². The standard InChI is InChI=1S/C32H39N2O6S.HI/c1-22(35)40-30-31(24-11-13-25(37-4)14-12-24)41-29-10-8-7-9-28(29)33(32(30)36)16-18-34(2,3)17-15-23-19-26(38-5)21-27(20-23)39-6;/h7-14,19-21,30-31H,15-18H2,1-6H3;1H/q+1;/p-1/t30-,31+;/m0./s1. The van der Waals surface area contributed by atoms with Crippen molar-refractivity contribution in [2.45, 2.75) is 29.6 Å². The van der Waals surface area contributed by atoms with Crippen LogP contribution in [0, 0.1) is 0 Å². The molecule has 1 amide bonds. The lowest BCUT2D eigenvalue weighted by Gasteiger charge is -2.34. The number of benzene rings is 3. The van der Waals surface area contributed by atoms with Gasteiger partial charge in [0.25, 0.3) is 5.91 Å². The van der Waals surface area contributed by atoms with E-state index in [2.05, 4.69) is 14.1 Å². The fourth-order valence-corrected chi connectivity index (χ4v) is 6.18. The lowest BCUT2D eigenvalue weighted by atomic mass is 10.1. The van der Waals surface area contributed by atoms with Crippen molar-refractivity contribution in [2.75, 3.05) is 60.0 Å². The topological polar surface area (TPSA) is 74.3 Å². The van der Waals surface area contributed by atoms with E-state index in [-0.39, 0.29) is 29.9 Å². The Balaban J connectivity index is 0.00000484. The van der Waals surface area contributed by atoms with Gasteiger partial charge >= 0.3 is 5.97 Å². The first-order chi connectivity index (χ1) is 19.6. The van der Waals surface area contributed by atoms with Crippen LogP contribution >= 0.6 is 11.8 Å². The number of methoxy groups -OCH3 is 3. The number of anilines is 1. The molecule has 8 nitrogen and oxygen atoms in total. The van der Waals surface area contributed by atoms with Crippen molar-refractivity contribution < 1.29 is 57.0 Å². The van der Waals surface area contributed by atoms with Crippen molar-refractivity contribution in [2.24, 2.45) is 0 Å². The van der Waals surface area contributed by atoms with Gasteiger partial charge in [-0.15, -0.1) is 11.8 Å². The number of likely N-dealkylation sites (N-methyl/N-ethyl adjacent to an activating group) is 1. The van der Waals surface area contributed by atoms with Crippen molar-refractivity contribution >= 4 is 29.3 Å². The van der Waals surface area contributed by atoms with Crippen molar-refractivity contribution in [1.82, 2.24) is 0 Å². The minimum Gasteiger partial charge on any atom is -1.00 e. The summed E-state index contributed by atoms with van der Waals surface area (Å²) in [6.45, 7) is 3.36. The molecule has 0 aliphatic carbocycles. The largest absolute Gasteiger partial charge is 1.00 e. The van der Waals surface area contributed by atoms with Crippen LogP contribution in [-0.2, 0) is 20.7 Å². The number of esters is 1. The van der Waals surface area contributed by atoms with E-state index in [0.717, 1.165) is 51.9 Å². The minimum atomic E-state index is -0.974. The number of halogens is 1. The third kappa shape index (κ3) is 8.32. The number of quaternary nitrogens is 1. The highest BCUT2D eigenvalue weighted by Gasteiger charge is 2.41. The van der Waals surface area contributed by atoms with Crippen molar-refractivity contribution in [3.05, 3.63) is 77.9 Å². The third-order valence-corrected chi connectivity index (χ3v) is 8.65. The molecule has 0 saturated heterocycles. The number of carbonyl (C=O) groups is 2. The zero-order valence-corrected chi connectivity index (χ0v) is 27.9. The molecule has 10 heteroatoms. The van der Waals surface area contributed by atoms with E-state index in [1.54, 1.807) is 38.0 Å². The summed E-state index contributed by atoms with van der Waals surface area (Å²) >= 11 is 1.54. The molecule has 0 saturated carbocycles. The summed E-state index contributed by atoms with van der Waals surface area (Å²) in [6.07, 6.45) is -0.158. The van der Waals surface area contributed by atoms with Crippen LogP contribution in [0.4, 0.5) is 5.69 Å². The van der Waals surface area contributed by atoms with E-state index in [0.29, 0.717) is 17.6 Å². The molecule has 4 rings (SSSR count). The third-order valence-electron chi connectivity index (χ3n) is 7.28. The Bertz CT molecular complexity index is 1350. The molecular formula is C32H39IN2O6S. The summed E-state index contributed by atoms with van der Waals surface area (Å²) in [5.41, 5.74) is 2.84. The monoisotopic (exact) mass is 706 g/mol. The number of nitrogens with zero attached hydrogens (tertiary/aromatic N) is 2. The zero-order valence-electron chi connectivity index (χ0n) is 25.0. The highest BCUT2D eigenvalue weighted by atomic mass is 127. The van der Waals surface area contributed by atoms with E-state index >= 15 is 0 Å². The minimum absolute atomic E-state index is 0. The van der Waals surface area contributed by atoms with Gasteiger partial charge in [-0.3, -0.25) is 9.59 Å². The molecule has 1 aliphatic heterocycles. The molecule has 1 heterocycles. The molecule has 0 fully saturated rings. The Hall–Kier alpha value is -2.96. The van der Waals surface area contributed by atoms with Crippen LogP contribution in [0.1, 0.15) is 23.3 Å². The maximum absolute atomic E-state index is 14.2. The number of rotatable bonds is 11. The summed E-state index contributed by atoms with van der Waals surface area (Å²) in [5.74, 6) is 1.53. The lowest BCUT2D eigenvalue weighted by molar-refractivity contribution is -0.888. The Morgan fingerprint density at radius 2 is 1.50 bits per heavy atom. The van der Waals surface area contributed by atoms with Gasteiger partial charge in [-0.2, -0.15) is 0 Å². The molecule has 2 atom stereocenters. The normalized spacial score (nSPS) is 16.5. The van der Waals surface area contributed by atoms with Gasteiger partial charge in [-0.25, -0.2) is 0 Å². The van der Waals surface area contributed by atoms with E-state index in [4.69, 9.17) is 18.9 Å². The Morgan fingerprint density at radius 3 is 2.10 bits per heavy atom. The number of hydrogen-bond acceptors (Lipinski definition) is 7. The predicted octanol–water partition coefficient (Wildman–Crippen LogP) is 2.15. The molecule has 0 N–H and O–H groups in total. The first-order valence-corrected chi connectivity index (χ1v) is 14.4. The number of ether oxygens (including phenoxy) is 4. The first-order valence-electron chi connectivity index (χ1n) is 13.6. The zero-order chi connectivity index (χ0) is 29.6. The van der Waals surface area contributed by atoms with Gasteiger partial charge < -0.3 is 52.3 Å². The number of thioether (sulfide) groups is 1. The summed E-state index contributed by atoms with van der Waals surface area (Å²) in [5, 5.41) is -0.408. The molecule has 0 radical (unpaired) electrons. The maximum Gasteiger partial charge on any atom is 0.303 e. The van der Waals surface area contributed by atoms with Crippen molar-refractivity contribution in [1.29, 1.82) is 0 Å². The predicted molar refractivity (Wildman–Crippen MR) is 161 cm³/mol. The van der Waals surface area contributed by atoms with E-state index < -0.39 is 17.3 Å². The number of hydrogen-bond donors (Lipinski definition) is 0. The summed E-state index contributed by atoms with van der Waals surface area (Å²) in [6, 6.07) is 21.4. The van der Waals surface area contributed by atoms with Crippen LogP contribution in [0.3, 0.4) is 0 Å². The summed E-state index contributed by atoms with van der Waals surface area (Å²) < 4.78 is 22.6. The van der Waals surface area contributed by atoms with Gasteiger partial charge in [0.1, 0.15) is 17.2 Å². The Kier molecular flexibility index (Phi) is 12.0. The van der Waals surface area contributed by atoms with Gasteiger partial charge in [0, 0.05) is 24.3 Å². The van der Waals surface area contributed by atoms with Crippen LogP contribution in [0.25, 0.3) is 0 Å². The SMILES string of the molecule is COc1ccc([C@H]2Sc3ccccc3N(CC[N+](C)(C)CCc3cc(OC)cc(OC)c3)C(=O)[C@H]2OC(C)=O)cc1.[I-]. The second-order valence-corrected chi connectivity index (χ2v) is 11.8. The average Bonchev–Trinajstić information content (AvgIpc) is 3.08. The van der Waals surface area contributed by atoms with Gasteiger partial charge in [0.15, 0.2) is 6.10 Å². The maximum atomic E-state index is 14.2. The molecule has 3 aromatic rings. The van der Waals surface area contributed by atoms with Crippen LogP contribution in [0.2, 0.25) is 0 Å². The molecule has 0 aromatic heterocycles. The highest BCUT2D eigenvalue weighted by molar-refractivity contribution is 7.99. The van der Waals surface area contributed by atoms with E-state index in [1.165, 1.54) is 6.92 Å². The molecule has 226 valence electrons. The molecule has 3 aromatic carbocycles. The number of fused-ring (bicyclic) bond motifs is 1. The van der Waals surface area contributed by atoms with Gasteiger partial charge in [-0.05, 0) is 47.5 Å². The quantitative estimate of drug-likeness (QED) is 0.172. The fourth-order valence-electron chi connectivity index (χ4n) is 4.86. The molecule has 42 heavy (non-hydrogen) atoms. The van der Waals surface area contributed by atoms with Gasteiger partial charge in [-0.1, -0.05) is 24.3 Å². The Morgan fingerprint density at radius 1 is 0.881 bits per heavy atom. The fraction of sp³-hybridized carbons (Fsp3) is 0.375. The van der Waals surface area contributed by atoms with Crippen LogP contribution < -0.4 is 43.1 Å². The van der Waals surface area contributed by atoms with Crippen LogP contribution in [0.15, 0.2) is 71.6 Å². The van der Waals surface area contributed by atoms with Gasteiger partial charge in [0.05, 0.1) is 66.0 Å². The number of amides is 1. The van der Waals surface area contributed by atoms with Gasteiger partial charge in [0.2, 0.25) is 0 Å². The Labute approximate surface area is 269 Å². The van der Waals surface area contributed by atoms with Crippen molar-refractivity contribution in [3.63, 3.8) is 0 Å². The van der Waals surface area contributed by atoms with E-state index in [9.17, 15) is 9.59 Å². The summed E-state index contributed by atoms with van der Waals surface area (Å²) in [7, 11) is 9.22. The molecule has 0 bridgehead atoms. The van der Waals surface area contributed by atoms with Crippen molar-refractivity contribution in [3.8, 4) is 17.2 Å². The first kappa shape index (κ1) is 33.5. The smallest absolute Gasteiger partial charge is 0.303 e.